The Labute approximate surface area is 163 Å². The van der Waals surface area contributed by atoms with Gasteiger partial charge >= 0.3 is 0 Å². The normalized spacial score (nSPS) is 17.6. The summed E-state index contributed by atoms with van der Waals surface area (Å²) in [6.45, 7) is 6.49. The molecule has 4 rings (SSSR count). The number of rotatable bonds is 4. The zero-order valence-corrected chi connectivity index (χ0v) is 16.3. The summed E-state index contributed by atoms with van der Waals surface area (Å²) in [6, 6.07) is 14.0. The lowest BCUT2D eigenvalue weighted by molar-refractivity contribution is 0.1000. The number of tetrazole rings is 1. The van der Waals surface area contributed by atoms with Crippen molar-refractivity contribution in [1.29, 1.82) is 0 Å². The van der Waals surface area contributed by atoms with Gasteiger partial charge in [-0.25, -0.2) is 0 Å². The Kier molecular flexibility index (Phi) is 4.37. The predicted molar refractivity (Wildman–Crippen MR) is 107 cm³/mol. The van der Waals surface area contributed by atoms with Crippen LogP contribution in [-0.4, -0.2) is 26.1 Å². The van der Waals surface area contributed by atoms with Gasteiger partial charge < -0.3 is 11.1 Å². The summed E-state index contributed by atoms with van der Waals surface area (Å²) < 4.78 is 1.78. The number of primary amides is 1. The van der Waals surface area contributed by atoms with Gasteiger partial charge in [-0.3, -0.25) is 4.79 Å². The van der Waals surface area contributed by atoms with Crippen LogP contribution < -0.4 is 11.1 Å². The molecular formula is C21H24N6O. The lowest BCUT2D eigenvalue weighted by atomic mass is 9.72. The summed E-state index contributed by atoms with van der Waals surface area (Å²) in [5.74, 6) is 0.431. The molecule has 2 heterocycles. The quantitative estimate of drug-likeness (QED) is 0.729. The molecule has 0 saturated heterocycles. The third-order valence-electron chi connectivity index (χ3n) is 5.42. The molecule has 3 N–H and O–H groups in total. The molecule has 0 aliphatic carbocycles. The van der Waals surface area contributed by atoms with E-state index in [0.29, 0.717) is 5.56 Å². The molecule has 2 aromatic carbocycles. The van der Waals surface area contributed by atoms with Crippen molar-refractivity contribution >= 4 is 11.6 Å². The second kappa shape index (κ2) is 6.74. The second-order valence-electron chi connectivity index (χ2n) is 7.93. The van der Waals surface area contributed by atoms with E-state index in [9.17, 15) is 4.79 Å². The van der Waals surface area contributed by atoms with E-state index in [0.717, 1.165) is 35.6 Å². The van der Waals surface area contributed by atoms with E-state index in [1.54, 1.807) is 10.7 Å². The summed E-state index contributed by atoms with van der Waals surface area (Å²) in [5.41, 5.74) is 10.2. The molecule has 0 radical (unpaired) electrons. The molecular weight excluding hydrogens is 352 g/mol. The van der Waals surface area contributed by atoms with Crippen molar-refractivity contribution in [3.8, 4) is 5.69 Å². The molecule has 0 bridgehead atoms. The highest BCUT2D eigenvalue weighted by atomic mass is 16.1. The van der Waals surface area contributed by atoms with E-state index in [-0.39, 0.29) is 11.5 Å². The number of nitrogens with one attached hydrogen (secondary N) is 1. The van der Waals surface area contributed by atoms with Crippen molar-refractivity contribution in [1.82, 2.24) is 20.2 Å². The molecule has 0 spiro atoms. The van der Waals surface area contributed by atoms with Gasteiger partial charge in [0.2, 0.25) is 5.91 Å². The van der Waals surface area contributed by atoms with Crippen molar-refractivity contribution in [2.45, 2.75) is 39.7 Å². The minimum Gasteiger partial charge on any atom is -0.377 e. The summed E-state index contributed by atoms with van der Waals surface area (Å²) in [7, 11) is 0. The van der Waals surface area contributed by atoms with Crippen molar-refractivity contribution in [3.63, 3.8) is 0 Å². The van der Waals surface area contributed by atoms with Gasteiger partial charge in [-0.2, -0.15) is 4.68 Å². The first-order chi connectivity index (χ1) is 13.4. The fraction of sp³-hybridized carbons (Fsp3) is 0.333. The van der Waals surface area contributed by atoms with Crippen LogP contribution >= 0.6 is 0 Å². The standard InChI is InChI=1S/C21H24N6O/c1-4-18-24-25-26-27(18)16-7-5-6-13(11-16)19-21(2,3)12-15-10-14(20(22)28)8-9-17(15)23-19/h5-11,19,23H,4,12H2,1-3H3,(H2,22,28). The molecule has 1 amide bonds. The SMILES string of the molecule is CCc1nnnn1-c1cccc(C2Nc3ccc(C(N)=O)cc3CC2(C)C)c1. The maximum absolute atomic E-state index is 11.5. The van der Waals surface area contributed by atoms with Gasteiger partial charge in [-0.15, -0.1) is 5.10 Å². The van der Waals surface area contributed by atoms with Crippen LogP contribution in [-0.2, 0) is 12.8 Å². The van der Waals surface area contributed by atoms with Gasteiger partial charge in [0, 0.05) is 17.7 Å². The molecule has 1 aliphatic rings. The van der Waals surface area contributed by atoms with Crippen LogP contribution in [0.15, 0.2) is 42.5 Å². The largest absolute Gasteiger partial charge is 0.377 e. The van der Waals surface area contributed by atoms with Crippen LogP contribution in [0, 0.1) is 5.41 Å². The average Bonchev–Trinajstić information content (AvgIpc) is 3.15. The Morgan fingerprint density at radius 2 is 2.11 bits per heavy atom. The average molecular weight is 376 g/mol. The third kappa shape index (κ3) is 3.13. The van der Waals surface area contributed by atoms with Crippen molar-refractivity contribution in [2.75, 3.05) is 5.32 Å². The summed E-state index contributed by atoms with van der Waals surface area (Å²) >= 11 is 0. The number of aryl methyl sites for hydroxylation is 1. The zero-order valence-electron chi connectivity index (χ0n) is 16.3. The third-order valence-corrected chi connectivity index (χ3v) is 5.42. The number of hydrogen-bond donors (Lipinski definition) is 2. The number of benzene rings is 2. The first-order valence-electron chi connectivity index (χ1n) is 9.46. The van der Waals surface area contributed by atoms with Crippen molar-refractivity contribution in [3.05, 3.63) is 65.0 Å². The lowest BCUT2D eigenvalue weighted by Gasteiger charge is -2.41. The number of fused-ring (bicyclic) bond motifs is 1. The van der Waals surface area contributed by atoms with Crippen molar-refractivity contribution < 1.29 is 4.79 Å². The van der Waals surface area contributed by atoms with E-state index in [4.69, 9.17) is 5.73 Å². The first kappa shape index (κ1) is 18.2. The molecule has 7 nitrogen and oxygen atoms in total. The predicted octanol–water partition coefficient (Wildman–Crippen LogP) is 3.06. The maximum Gasteiger partial charge on any atom is 0.248 e. The number of amides is 1. The van der Waals surface area contributed by atoms with Gasteiger partial charge in [0.25, 0.3) is 0 Å². The number of hydrogen-bond acceptors (Lipinski definition) is 5. The number of nitrogens with two attached hydrogens (primary N) is 1. The van der Waals surface area contributed by atoms with Crippen molar-refractivity contribution in [2.24, 2.45) is 11.1 Å². The summed E-state index contributed by atoms with van der Waals surface area (Å²) in [4.78, 5) is 11.5. The Hall–Kier alpha value is -3.22. The molecule has 144 valence electrons. The van der Waals surface area contributed by atoms with Gasteiger partial charge in [0.05, 0.1) is 11.7 Å². The first-order valence-corrected chi connectivity index (χ1v) is 9.46. The smallest absolute Gasteiger partial charge is 0.248 e. The van der Waals surface area contributed by atoms with Crippen LogP contribution in [0.2, 0.25) is 0 Å². The molecule has 7 heteroatoms. The second-order valence-corrected chi connectivity index (χ2v) is 7.93. The van der Waals surface area contributed by atoms with Crippen LogP contribution in [0.25, 0.3) is 5.69 Å². The van der Waals surface area contributed by atoms with Gasteiger partial charge in [-0.05, 0) is 63.7 Å². The molecule has 1 aliphatic heterocycles. The number of nitrogens with zero attached hydrogens (tertiary/aromatic N) is 4. The van der Waals surface area contributed by atoms with Crippen LogP contribution in [0.1, 0.15) is 54.1 Å². The van der Waals surface area contributed by atoms with E-state index >= 15 is 0 Å². The van der Waals surface area contributed by atoms with E-state index < -0.39 is 5.91 Å². The van der Waals surface area contributed by atoms with Crippen LogP contribution in [0.4, 0.5) is 5.69 Å². The molecule has 0 fully saturated rings. The van der Waals surface area contributed by atoms with E-state index in [1.165, 1.54) is 5.56 Å². The Bertz CT molecular complexity index is 1040. The van der Waals surface area contributed by atoms with E-state index in [1.807, 2.05) is 31.2 Å². The Balaban J connectivity index is 1.71. The fourth-order valence-corrected chi connectivity index (χ4v) is 3.98. The van der Waals surface area contributed by atoms with Crippen LogP contribution in [0.3, 0.4) is 0 Å². The molecule has 1 atom stereocenters. The number of carbonyl (C=O) groups excluding carboxylic acids is 1. The monoisotopic (exact) mass is 376 g/mol. The summed E-state index contributed by atoms with van der Waals surface area (Å²) in [6.07, 6.45) is 1.61. The van der Waals surface area contributed by atoms with Crippen LogP contribution in [0.5, 0.6) is 0 Å². The number of anilines is 1. The molecule has 28 heavy (non-hydrogen) atoms. The highest BCUT2D eigenvalue weighted by molar-refractivity contribution is 5.93. The summed E-state index contributed by atoms with van der Waals surface area (Å²) in [5, 5.41) is 15.7. The topological polar surface area (TPSA) is 98.7 Å². The molecule has 3 aromatic rings. The highest BCUT2D eigenvalue weighted by Gasteiger charge is 2.36. The minimum absolute atomic E-state index is 0.0594. The van der Waals surface area contributed by atoms with E-state index in [2.05, 4.69) is 46.8 Å². The maximum atomic E-state index is 11.5. The Morgan fingerprint density at radius 3 is 2.86 bits per heavy atom. The number of aromatic nitrogens is 4. The van der Waals surface area contributed by atoms with Gasteiger partial charge in [-0.1, -0.05) is 32.9 Å². The lowest BCUT2D eigenvalue weighted by Crippen LogP contribution is -2.35. The number of carbonyl (C=O) groups is 1. The fourth-order valence-electron chi connectivity index (χ4n) is 3.98. The Morgan fingerprint density at radius 1 is 1.29 bits per heavy atom. The highest BCUT2D eigenvalue weighted by Crippen LogP contribution is 2.45. The minimum atomic E-state index is -0.399. The molecule has 1 unspecified atom stereocenters. The molecule has 0 saturated carbocycles. The van der Waals surface area contributed by atoms with Gasteiger partial charge in [0.15, 0.2) is 5.82 Å². The molecule has 1 aromatic heterocycles. The zero-order chi connectivity index (χ0) is 19.9. The van der Waals surface area contributed by atoms with Gasteiger partial charge in [0.1, 0.15) is 0 Å².